The van der Waals surface area contributed by atoms with Crippen LogP contribution in [0.25, 0.3) is 56.2 Å². The summed E-state index contributed by atoms with van der Waals surface area (Å²) >= 11 is 0. The van der Waals surface area contributed by atoms with E-state index in [0.29, 0.717) is 23.5 Å². The zero-order valence-corrected chi connectivity index (χ0v) is 29.6. The van der Waals surface area contributed by atoms with Crippen molar-refractivity contribution in [3.63, 3.8) is 0 Å². The standard InChI is InChI=1S/C49H39N3/c1-49(2)43-27-25-36(30-42(43)41-26-24-38-29-37-16-9-10-19-40(37)44(38)45(41)49)35-17-11-18-39(28-35)48-51-46(33-14-7-4-8-15-33)50-47(52-48)34-22-20-32(21-23-34)31-12-5-3-6-13-31/h3-7,9-14,16-28,30,44-45H,8,15,29H2,1-2H3. The van der Waals surface area contributed by atoms with Crippen LogP contribution in [0.5, 0.6) is 0 Å². The van der Waals surface area contributed by atoms with E-state index in [1.165, 1.54) is 44.5 Å². The van der Waals surface area contributed by atoms with Gasteiger partial charge in [0.05, 0.1) is 0 Å². The lowest BCUT2D eigenvalue weighted by Crippen LogP contribution is -2.30. The summed E-state index contributed by atoms with van der Waals surface area (Å²) in [5, 5.41) is 0. The Morgan fingerprint density at radius 2 is 1.25 bits per heavy atom. The predicted octanol–water partition coefficient (Wildman–Crippen LogP) is 11.8. The minimum Gasteiger partial charge on any atom is -0.209 e. The third-order valence-electron chi connectivity index (χ3n) is 11.8. The first kappa shape index (κ1) is 30.9. The van der Waals surface area contributed by atoms with Gasteiger partial charge in [0.2, 0.25) is 0 Å². The fraction of sp³-hybridized carbons (Fsp3) is 0.163. The number of rotatable bonds is 5. The van der Waals surface area contributed by atoms with Gasteiger partial charge in [-0.05, 0) is 92.5 Å². The number of hydrogen-bond donors (Lipinski definition) is 0. The molecule has 0 spiro atoms. The molecular weight excluding hydrogens is 631 g/mol. The molecule has 6 aromatic rings. The van der Waals surface area contributed by atoms with Crippen molar-refractivity contribution in [2.75, 3.05) is 0 Å². The molecule has 5 aromatic carbocycles. The Kier molecular flexibility index (Phi) is 7.18. The highest BCUT2D eigenvalue weighted by Gasteiger charge is 2.50. The van der Waals surface area contributed by atoms with Crippen LogP contribution < -0.4 is 0 Å². The molecule has 0 saturated heterocycles. The van der Waals surface area contributed by atoms with Crippen molar-refractivity contribution < 1.29 is 0 Å². The number of fused-ring (bicyclic) bond motifs is 7. The van der Waals surface area contributed by atoms with Gasteiger partial charge in [-0.15, -0.1) is 0 Å². The van der Waals surface area contributed by atoms with E-state index in [1.807, 2.05) is 6.07 Å². The van der Waals surface area contributed by atoms with Crippen molar-refractivity contribution in [1.29, 1.82) is 0 Å². The maximum Gasteiger partial charge on any atom is 0.164 e. The minimum absolute atomic E-state index is 0.0309. The molecule has 0 saturated carbocycles. The average molecular weight is 670 g/mol. The van der Waals surface area contributed by atoms with Gasteiger partial charge in [-0.2, -0.15) is 0 Å². The Labute approximate surface area is 305 Å². The van der Waals surface area contributed by atoms with Crippen LogP contribution in [-0.2, 0) is 11.8 Å². The minimum atomic E-state index is 0.0309. The summed E-state index contributed by atoms with van der Waals surface area (Å²) in [5.41, 5.74) is 16.8. The first-order chi connectivity index (χ1) is 25.5. The predicted molar refractivity (Wildman–Crippen MR) is 213 cm³/mol. The van der Waals surface area contributed by atoms with Crippen LogP contribution in [0.3, 0.4) is 0 Å². The lowest BCUT2D eigenvalue weighted by molar-refractivity contribution is 0.377. The highest BCUT2D eigenvalue weighted by Crippen LogP contribution is 2.61. The second-order valence-electron chi connectivity index (χ2n) is 15.2. The van der Waals surface area contributed by atoms with Crippen LogP contribution in [0.4, 0.5) is 0 Å². The zero-order valence-electron chi connectivity index (χ0n) is 29.6. The topological polar surface area (TPSA) is 38.7 Å². The lowest BCUT2D eigenvalue weighted by Gasteiger charge is -2.36. The number of hydrogen-bond acceptors (Lipinski definition) is 3. The Hall–Kier alpha value is -5.93. The quantitative estimate of drug-likeness (QED) is 0.183. The van der Waals surface area contributed by atoms with Gasteiger partial charge in [0.1, 0.15) is 0 Å². The molecule has 0 bridgehead atoms. The van der Waals surface area contributed by atoms with Crippen molar-refractivity contribution in [2.24, 2.45) is 5.92 Å². The van der Waals surface area contributed by atoms with Crippen molar-refractivity contribution in [3.05, 3.63) is 185 Å². The molecule has 2 unspecified atom stereocenters. The molecule has 0 fully saturated rings. The van der Waals surface area contributed by atoms with Crippen molar-refractivity contribution in [2.45, 2.75) is 44.4 Å². The number of allylic oxidation sites excluding steroid dienone is 8. The second kappa shape index (κ2) is 12.1. The summed E-state index contributed by atoms with van der Waals surface area (Å²) in [5.74, 6) is 3.01. The monoisotopic (exact) mass is 669 g/mol. The van der Waals surface area contributed by atoms with Gasteiger partial charge in [0, 0.05) is 23.0 Å². The molecule has 0 radical (unpaired) electrons. The van der Waals surface area contributed by atoms with Gasteiger partial charge in [-0.25, -0.2) is 15.0 Å². The second-order valence-corrected chi connectivity index (χ2v) is 15.2. The Bertz CT molecular complexity index is 2510. The van der Waals surface area contributed by atoms with Crippen LogP contribution in [0.15, 0.2) is 157 Å². The maximum atomic E-state index is 5.10. The van der Waals surface area contributed by atoms with Gasteiger partial charge in [0.15, 0.2) is 17.5 Å². The molecule has 0 aliphatic heterocycles. The summed E-state index contributed by atoms with van der Waals surface area (Å²) in [6.45, 7) is 4.90. The van der Waals surface area contributed by atoms with Crippen molar-refractivity contribution in [3.8, 4) is 45.0 Å². The summed E-state index contributed by atoms with van der Waals surface area (Å²) < 4.78 is 0. The van der Waals surface area contributed by atoms with Crippen LogP contribution in [0.2, 0.25) is 0 Å². The van der Waals surface area contributed by atoms with Gasteiger partial charge >= 0.3 is 0 Å². The summed E-state index contributed by atoms with van der Waals surface area (Å²) in [6, 6.07) is 43.9. The molecule has 1 heterocycles. The summed E-state index contributed by atoms with van der Waals surface area (Å²) in [6.07, 6.45) is 14.3. The molecule has 3 heteroatoms. The maximum absolute atomic E-state index is 5.10. The normalized spacial score (nSPS) is 19.2. The number of aromatic nitrogens is 3. The number of benzene rings is 5. The first-order valence-corrected chi connectivity index (χ1v) is 18.5. The summed E-state index contributed by atoms with van der Waals surface area (Å²) in [7, 11) is 0. The van der Waals surface area contributed by atoms with Gasteiger partial charge in [-0.1, -0.05) is 159 Å². The van der Waals surface area contributed by atoms with Crippen LogP contribution in [0, 0.1) is 5.92 Å². The van der Waals surface area contributed by atoms with Gasteiger partial charge in [-0.3, -0.25) is 0 Å². The third-order valence-corrected chi connectivity index (χ3v) is 11.8. The Morgan fingerprint density at radius 1 is 0.577 bits per heavy atom. The van der Waals surface area contributed by atoms with E-state index in [0.717, 1.165) is 47.4 Å². The lowest BCUT2D eigenvalue weighted by atomic mass is 9.66. The summed E-state index contributed by atoms with van der Waals surface area (Å²) in [4.78, 5) is 15.2. The first-order valence-electron chi connectivity index (χ1n) is 18.5. The highest BCUT2D eigenvalue weighted by molar-refractivity contribution is 5.85. The van der Waals surface area contributed by atoms with Gasteiger partial charge < -0.3 is 0 Å². The molecule has 0 amide bonds. The van der Waals surface area contributed by atoms with E-state index in [9.17, 15) is 0 Å². The van der Waals surface area contributed by atoms with E-state index < -0.39 is 0 Å². The number of nitrogens with zero attached hydrogens (tertiary/aromatic N) is 3. The van der Waals surface area contributed by atoms with Crippen LogP contribution >= 0.6 is 0 Å². The molecule has 3 nitrogen and oxygen atoms in total. The Morgan fingerprint density at radius 3 is 2.08 bits per heavy atom. The van der Waals surface area contributed by atoms with Crippen molar-refractivity contribution >= 4 is 11.1 Å². The van der Waals surface area contributed by atoms with Crippen molar-refractivity contribution in [1.82, 2.24) is 15.0 Å². The Balaban J connectivity index is 1.03. The molecule has 4 aliphatic carbocycles. The fourth-order valence-corrected chi connectivity index (χ4v) is 9.17. The zero-order chi connectivity index (χ0) is 34.8. The smallest absolute Gasteiger partial charge is 0.164 e. The molecule has 4 aliphatic rings. The van der Waals surface area contributed by atoms with Crippen LogP contribution in [-0.4, -0.2) is 15.0 Å². The van der Waals surface area contributed by atoms with E-state index in [1.54, 1.807) is 5.57 Å². The molecule has 10 rings (SSSR count). The molecule has 250 valence electrons. The third kappa shape index (κ3) is 5.06. The average Bonchev–Trinajstić information content (AvgIpc) is 3.70. The molecule has 0 N–H and O–H groups in total. The van der Waals surface area contributed by atoms with E-state index >= 15 is 0 Å². The SMILES string of the molecule is CC1(C)c2ccc(-c3cccc(-c4nc(C5=CC=CCC5)nc(-c5ccc(-c6ccccc6)cc5)n4)c3)cc2C2=CC=C3Cc4ccccc4C3C21. The largest absolute Gasteiger partial charge is 0.209 e. The molecule has 2 atom stereocenters. The van der Waals surface area contributed by atoms with Crippen LogP contribution in [0.1, 0.15) is 60.7 Å². The highest BCUT2D eigenvalue weighted by atomic mass is 15.0. The van der Waals surface area contributed by atoms with E-state index in [-0.39, 0.29) is 5.41 Å². The van der Waals surface area contributed by atoms with E-state index in [4.69, 9.17) is 15.0 Å². The van der Waals surface area contributed by atoms with E-state index in [2.05, 4.69) is 159 Å². The molecular formula is C49H39N3. The fourth-order valence-electron chi connectivity index (χ4n) is 9.17. The molecule has 1 aromatic heterocycles. The van der Waals surface area contributed by atoms with Gasteiger partial charge in [0.25, 0.3) is 0 Å². The molecule has 52 heavy (non-hydrogen) atoms.